The van der Waals surface area contributed by atoms with Crippen molar-refractivity contribution in [2.75, 3.05) is 26.2 Å². The van der Waals surface area contributed by atoms with E-state index >= 15 is 0 Å². The summed E-state index contributed by atoms with van der Waals surface area (Å²) in [6.45, 7) is 6.47. The molecule has 0 spiro atoms. The average molecular weight is 357 g/mol. The van der Waals surface area contributed by atoms with Gasteiger partial charge in [0.25, 0.3) is 0 Å². The number of aryl methyl sites for hydroxylation is 2. The standard InChI is InChI=1S/C18H23N5O3/c1-15-2-4-16(5-3-15)14-20-10-12-21(13-11-20)18(24)7-9-22-8-6-17(19-22)23(25)26/h2-6,8H,7,9-14H2,1H3. The zero-order valence-electron chi connectivity index (χ0n) is 14.9. The van der Waals surface area contributed by atoms with E-state index in [9.17, 15) is 14.9 Å². The lowest BCUT2D eigenvalue weighted by Crippen LogP contribution is -2.48. The summed E-state index contributed by atoms with van der Waals surface area (Å²) in [7, 11) is 0. The summed E-state index contributed by atoms with van der Waals surface area (Å²) in [5, 5.41) is 14.5. The molecule has 0 bridgehead atoms. The molecule has 1 saturated heterocycles. The smallest absolute Gasteiger partial charge is 0.358 e. The van der Waals surface area contributed by atoms with Gasteiger partial charge in [0.15, 0.2) is 0 Å². The third-order valence-electron chi connectivity index (χ3n) is 4.62. The van der Waals surface area contributed by atoms with Gasteiger partial charge in [0.1, 0.15) is 0 Å². The van der Waals surface area contributed by atoms with Crippen LogP contribution in [0.15, 0.2) is 36.5 Å². The number of piperazine rings is 1. The van der Waals surface area contributed by atoms with Crippen molar-refractivity contribution in [1.82, 2.24) is 19.6 Å². The Balaban J connectivity index is 1.42. The van der Waals surface area contributed by atoms with Crippen molar-refractivity contribution in [3.05, 3.63) is 57.8 Å². The fraction of sp³-hybridized carbons (Fsp3) is 0.444. The number of amides is 1. The maximum atomic E-state index is 12.3. The van der Waals surface area contributed by atoms with Crippen molar-refractivity contribution in [2.45, 2.75) is 26.4 Å². The monoisotopic (exact) mass is 357 g/mol. The normalized spacial score (nSPS) is 15.2. The molecule has 0 aliphatic carbocycles. The Hall–Kier alpha value is -2.74. The first-order valence-electron chi connectivity index (χ1n) is 8.75. The summed E-state index contributed by atoms with van der Waals surface area (Å²) in [5.41, 5.74) is 2.54. The van der Waals surface area contributed by atoms with Gasteiger partial charge in [0.2, 0.25) is 5.91 Å². The molecular formula is C18H23N5O3. The van der Waals surface area contributed by atoms with Crippen LogP contribution in [0.2, 0.25) is 0 Å². The molecule has 0 unspecified atom stereocenters. The van der Waals surface area contributed by atoms with E-state index in [1.165, 1.54) is 28.1 Å². The van der Waals surface area contributed by atoms with Crippen LogP contribution in [-0.4, -0.2) is 56.6 Å². The zero-order valence-corrected chi connectivity index (χ0v) is 14.9. The van der Waals surface area contributed by atoms with Gasteiger partial charge in [0, 0.05) is 39.1 Å². The number of carbonyl (C=O) groups is 1. The van der Waals surface area contributed by atoms with E-state index in [-0.39, 0.29) is 11.7 Å². The van der Waals surface area contributed by atoms with E-state index in [0.717, 1.165) is 19.6 Å². The van der Waals surface area contributed by atoms with Crippen molar-refractivity contribution in [3.8, 4) is 0 Å². The van der Waals surface area contributed by atoms with Crippen LogP contribution >= 0.6 is 0 Å². The Morgan fingerprint density at radius 3 is 2.46 bits per heavy atom. The predicted molar refractivity (Wildman–Crippen MR) is 96.5 cm³/mol. The number of benzene rings is 1. The summed E-state index contributed by atoms with van der Waals surface area (Å²) < 4.78 is 1.45. The Labute approximate surface area is 152 Å². The maximum Gasteiger partial charge on any atom is 0.389 e. The highest BCUT2D eigenvalue weighted by Crippen LogP contribution is 2.11. The lowest BCUT2D eigenvalue weighted by Gasteiger charge is -2.34. The number of nitro groups is 1. The fourth-order valence-corrected chi connectivity index (χ4v) is 3.05. The Morgan fingerprint density at radius 2 is 1.85 bits per heavy atom. The molecule has 1 aliphatic heterocycles. The predicted octanol–water partition coefficient (Wildman–Crippen LogP) is 1.83. The summed E-state index contributed by atoms with van der Waals surface area (Å²) in [6, 6.07) is 9.88. The van der Waals surface area contributed by atoms with Crippen LogP contribution in [0, 0.1) is 17.0 Å². The molecule has 8 heteroatoms. The fourth-order valence-electron chi connectivity index (χ4n) is 3.05. The molecule has 0 saturated carbocycles. The highest BCUT2D eigenvalue weighted by Gasteiger charge is 2.21. The first-order chi connectivity index (χ1) is 12.5. The molecule has 26 heavy (non-hydrogen) atoms. The van der Waals surface area contributed by atoms with Crippen LogP contribution in [0.3, 0.4) is 0 Å². The molecule has 0 N–H and O–H groups in total. The van der Waals surface area contributed by atoms with Crippen LogP contribution < -0.4 is 0 Å². The van der Waals surface area contributed by atoms with Crippen LogP contribution in [0.1, 0.15) is 17.5 Å². The number of rotatable bonds is 6. The molecule has 1 aromatic carbocycles. The van der Waals surface area contributed by atoms with Crippen molar-refractivity contribution >= 4 is 11.7 Å². The number of hydrogen-bond acceptors (Lipinski definition) is 5. The molecule has 2 heterocycles. The molecule has 138 valence electrons. The molecule has 1 amide bonds. The molecule has 0 atom stereocenters. The minimum atomic E-state index is -0.536. The summed E-state index contributed by atoms with van der Waals surface area (Å²) in [4.78, 5) is 26.7. The van der Waals surface area contributed by atoms with Gasteiger partial charge in [-0.3, -0.25) is 9.69 Å². The molecular weight excluding hydrogens is 334 g/mol. The van der Waals surface area contributed by atoms with Crippen molar-refractivity contribution in [3.63, 3.8) is 0 Å². The zero-order chi connectivity index (χ0) is 18.5. The minimum Gasteiger partial charge on any atom is -0.358 e. The largest absolute Gasteiger partial charge is 0.389 e. The first kappa shape index (κ1) is 18.1. The third-order valence-corrected chi connectivity index (χ3v) is 4.62. The minimum absolute atomic E-state index is 0.0677. The SMILES string of the molecule is Cc1ccc(CN2CCN(C(=O)CCn3ccc([N+](=O)[O-])n3)CC2)cc1. The highest BCUT2D eigenvalue weighted by molar-refractivity contribution is 5.76. The van der Waals surface area contributed by atoms with Gasteiger partial charge < -0.3 is 15.0 Å². The molecule has 1 aromatic heterocycles. The molecule has 8 nitrogen and oxygen atoms in total. The first-order valence-corrected chi connectivity index (χ1v) is 8.75. The second-order valence-corrected chi connectivity index (χ2v) is 6.59. The number of hydrogen-bond donors (Lipinski definition) is 0. The lowest BCUT2D eigenvalue weighted by atomic mass is 10.1. The Bertz CT molecular complexity index is 763. The highest BCUT2D eigenvalue weighted by atomic mass is 16.6. The van der Waals surface area contributed by atoms with E-state index in [2.05, 4.69) is 41.2 Å². The lowest BCUT2D eigenvalue weighted by molar-refractivity contribution is -0.389. The van der Waals surface area contributed by atoms with Gasteiger partial charge in [-0.15, -0.1) is 0 Å². The third kappa shape index (κ3) is 4.66. The van der Waals surface area contributed by atoms with E-state index in [4.69, 9.17) is 0 Å². The Morgan fingerprint density at radius 1 is 1.15 bits per heavy atom. The van der Waals surface area contributed by atoms with Gasteiger partial charge in [-0.2, -0.15) is 4.68 Å². The van der Waals surface area contributed by atoms with E-state index in [1.807, 2.05) is 4.90 Å². The molecule has 2 aromatic rings. The Kier molecular flexibility index (Phi) is 5.62. The molecule has 1 aliphatic rings. The molecule has 0 radical (unpaired) electrons. The second-order valence-electron chi connectivity index (χ2n) is 6.59. The average Bonchev–Trinajstić information content (AvgIpc) is 3.12. The molecule has 3 rings (SSSR count). The number of aromatic nitrogens is 2. The van der Waals surface area contributed by atoms with Crippen molar-refractivity contribution < 1.29 is 9.72 Å². The van der Waals surface area contributed by atoms with Gasteiger partial charge in [0.05, 0.1) is 23.9 Å². The van der Waals surface area contributed by atoms with Gasteiger partial charge in [-0.1, -0.05) is 29.8 Å². The van der Waals surface area contributed by atoms with Crippen molar-refractivity contribution in [1.29, 1.82) is 0 Å². The van der Waals surface area contributed by atoms with Crippen LogP contribution in [0.4, 0.5) is 5.82 Å². The second kappa shape index (κ2) is 8.09. The topological polar surface area (TPSA) is 84.5 Å². The maximum absolute atomic E-state index is 12.3. The van der Waals surface area contributed by atoms with Gasteiger partial charge in [-0.05, 0) is 17.4 Å². The summed E-state index contributed by atoms with van der Waals surface area (Å²) >= 11 is 0. The van der Waals surface area contributed by atoms with E-state index in [1.54, 1.807) is 0 Å². The van der Waals surface area contributed by atoms with Gasteiger partial charge in [-0.25, -0.2) is 0 Å². The summed E-state index contributed by atoms with van der Waals surface area (Å²) in [5.74, 6) is -0.125. The van der Waals surface area contributed by atoms with Crippen LogP contribution in [0.25, 0.3) is 0 Å². The quantitative estimate of drug-likeness (QED) is 0.582. The van der Waals surface area contributed by atoms with Crippen molar-refractivity contribution in [2.24, 2.45) is 0 Å². The molecule has 1 fully saturated rings. The van der Waals surface area contributed by atoms with Crippen LogP contribution in [0.5, 0.6) is 0 Å². The van der Waals surface area contributed by atoms with E-state index in [0.29, 0.717) is 26.1 Å². The van der Waals surface area contributed by atoms with E-state index < -0.39 is 4.92 Å². The van der Waals surface area contributed by atoms with Crippen LogP contribution in [-0.2, 0) is 17.9 Å². The number of nitrogens with zero attached hydrogens (tertiary/aromatic N) is 5. The summed E-state index contributed by atoms with van der Waals surface area (Å²) in [6.07, 6.45) is 1.84. The van der Waals surface area contributed by atoms with Gasteiger partial charge >= 0.3 is 5.82 Å². The number of carbonyl (C=O) groups excluding carboxylic acids is 1.